The van der Waals surface area contributed by atoms with Crippen LogP contribution in [-0.4, -0.2) is 51.8 Å². The minimum absolute atomic E-state index is 0.189. The Hall–Kier alpha value is -1.56. The first-order valence-corrected chi connectivity index (χ1v) is 8.55. The lowest BCUT2D eigenvalue weighted by Crippen LogP contribution is -2.48. The van der Waals surface area contributed by atoms with Gasteiger partial charge in [-0.05, 0) is 46.5 Å². The van der Waals surface area contributed by atoms with Crippen LogP contribution in [-0.2, 0) is 11.3 Å². The van der Waals surface area contributed by atoms with Crippen LogP contribution >= 0.6 is 0 Å². The normalized spacial score (nSPS) is 20.1. The molecule has 2 fully saturated rings. The minimum atomic E-state index is -0.430. The average Bonchev–Trinajstić information content (AvgIpc) is 3.20. The molecule has 1 aliphatic carbocycles. The summed E-state index contributed by atoms with van der Waals surface area (Å²) in [5.41, 5.74) is 0.562. The molecule has 0 N–H and O–H groups in total. The lowest BCUT2D eigenvalue weighted by molar-refractivity contribution is 0.0130. The second-order valence-corrected chi connectivity index (χ2v) is 7.59. The highest BCUT2D eigenvalue weighted by molar-refractivity contribution is 5.68. The van der Waals surface area contributed by atoms with Crippen molar-refractivity contribution in [3.63, 3.8) is 0 Å². The van der Waals surface area contributed by atoms with Crippen molar-refractivity contribution >= 4 is 6.09 Å². The molecule has 3 rings (SSSR count). The van der Waals surface area contributed by atoms with Crippen LogP contribution in [0.5, 0.6) is 0 Å². The summed E-state index contributed by atoms with van der Waals surface area (Å²) in [5.74, 6) is 0. The lowest BCUT2D eigenvalue weighted by Gasteiger charge is -2.38. The van der Waals surface area contributed by atoms with E-state index < -0.39 is 5.60 Å². The summed E-state index contributed by atoms with van der Waals surface area (Å²) in [7, 11) is 0. The summed E-state index contributed by atoms with van der Waals surface area (Å²) in [6, 6.07) is 3.12. The smallest absolute Gasteiger partial charge is 0.410 e. The molecule has 128 valence electrons. The van der Waals surface area contributed by atoms with E-state index in [1.165, 1.54) is 12.8 Å². The molecular formula is C17H27N3O3. The third kappa shape index (κ3) is 4.47. The first kappa shape index (κ1) is 16.3. The third-order valence-electron chi connectivity index (χ3n) is 4.44. The lowest BCUT2D eigenvalue weighted by atomic mass is 10.0. The van der Waals surface area contributed by atoms with Crippen LogP contribution in [0.2, 0.25) is 0 Å². The molecule has 0 bridgehead atoms. The van der Waals surface area contributed by atoms with Gasteiger partial charge in [0.2, 0.25) is 0 Å². The molecule has 1 saturated carbocycles. The van der Waals surface area contributed by atoms with Crippen molar-refractivity contribution in [3.8, 4) is 0 Å². The summed E-state index contributed by atoms with van der Waals surface area (Å²) in [5, 5.41) is 4.04. The van der Waals surface area contributed by atoms with E-state index >= 15 is 0 Å². The molecule has 0 aromatic carbocycles. The third-order valence-corrected chi connectivity index (χ3v) is 4.44. The van der Waals surface area contributed by atoms with E-state index in [2.05, 4.69) is 10.1 Å². The van der Waals surface area contributed by atoms with Crippen molar-refractivity contribution in [1.29, 1.82) is 0 Å². The van der Waals surface area contributed by atoms with Crippen LogP contribution in [0.15, 0.2) is 16.9 Å². The van der Waals surface area contributed by atoms with E-state index in [1.807, 2.05) is 31.7 Å². The van der Waals surface area contributed by atoms with E-state index in [9.17, 15) is 4.79 Å². The maximum atomic E-state index is 12.2. The number of likely N-dealkylation sites (tertiary alicyclic amines) is 1. The molecule has 2 aliphatic rings. The van der Waals surface area contributed by atoms with Crippen molar-refractivity contribution in [1.82, 2.24) is 15.0 Å². The second-order valence-electron chi connectivity index (χ2n) is 7.59. The highest BCUT2D eigenvalue weighted by Gasteiger charge is 2.37. The maximum Gasteiger partial charge on any atom is 0.410 e. The number of rotatable bonds is 4. The standard InChI is InChI=1S/C17H27N3O3/c1-17(2,3)23-16(21)19-9-6-15(7-10-19)20(14-4-5-14)12-13-8-11-22-18-13/h8,11,14-15H,4-7,9-10,12H2,1-3H3. The number of nitrogens with zero attached hydrogens (tertiary/aromatic N) is 3. The van der Waals surface area contributed by atoms with Crippen LogP contribution in [0, 0.1) is 0 Å². The quantitative estimate of drug-likeness (QED) is 0.853. The molecular weight excluding hydrogens is 294 g/mol. The van der Waals surface area contributed by atoms with Gasteiger partial charge in [-0.2, -0.15) is 0 Å². The zero-order valence-corrected chi connectivity index (χ0v) is 14.3. The van der Waals surface area contributed by atoms with E-state index in [1.54, 1.807) is 6.26 Å². The number of carbonyl (C=O) groups excluding carboxylic acids is 1. The maximum absolute atomic E-state index is 12.2. The first-order valence-electron chi connectivity index (χ1n) is 8.55. The number of hydrogen-bond acceptors (Lipinski definition) is 5. The predicted octanol–water partition coefficient (Wildman–Crippen LogP) is 3.04. The summed E-state index contributed by atoms with van der Waals surface area (Å²) in [6.45, 7) is 8.10. The van der Waals surface area contributed by atoms with Gasteiger partial charge < -0.3 is 14.2 Å². The molecule has 2 heterocycles. The molecule has 1 aliphatic heterocycles. The van der Waals surface area contributed by atoms with Crippen LogP contribution in [0.3, 0.4) is 0 Å². The van der Waals surface area contributed by atoms with Crippen molar-refractivity contribution in [2.24, 2.45) is 0 Å². The molecule has 1 amide bonds. The molecule has 1 aromatic rings. The number of carbonyl (C=O) groups is 1. The van der Waals surface area contributed by atoms with Gasteiger partial charge in [0.15, 0.2) is 0 Å². The van der Waals surface area contributed by atoms with E-state index in [0.29, 0.717) is 12.1 Å². The highest BCUT2D eigenvalue weighted by atomic mass is 16.6. The number of piperidine rings is 1. The summed E-state index contributed by atoms with van der Waals surface area (Å²) < 4.78 is 10.4. The summed E-state index contributed by atoms with van der Waals surface area (Å²) in [6.07, 6.45) is 5.96. The molecule has 1 aromatic heterocycles. The van der Waals surface area contributed by atoms with Gasteiger partial charge in [-0.25, -0.2) is 4.79 Å². The van der Waals surface area contributed by atoms with Crippen LogP contribution in [0.1, 0.15) is 52.1 Å². The van der Waals surface area contributed by atoms with Crippen molar-refractivity contribution in [2.45, 2.75) is 70.7 Å². The Labute approximate surface area is 137 Å². The van der Waals surface area contributed by atoms with Crippen molar-refractivity contribution < 1.29 is 14.1 Å². The fourth-order valence-electron chi connectivity index (χ4n) is 3.18. The van der Waals surface area contributed by atoms with Crippen LogP contribution < -0.4 is 0 Å². The van der Waals surface area contributed by atoms with Crippen molar-refractivity contribution in [3.05, 3.63) is 18.0 Å². The molecule has 6 nitrogen and oxygen atoms in total. The van der Waals surface area contributed by atoms with Gasteiger partial charge in [-0.1, -0.05) is 5.16 Å². The van der Waals surface area contributed by atoms with Crippen molar-refractivity contribution in [2.75, 3.05) is 13.1 Å². The zero-order chi connectivity index (χ0) is 16.4. The van der Waals surface area contributed by atoms with Gasteiger partial charge in [0.1, 0.15) is 11.9 Å². The second kappa shape index (κ2) is 6.51. The van der Waals surface area contributed by atoms with Gasteiger partial charge in [0.25, 0.3) is 0 Å². The average molecular weight is 321 g/mol. The van der Waals surface area contributed by atoms with Gasteiger partial charge in [0.05, 0.1) is 5.69 Å². The fourth-order valence-corrected chi connectivity index (χ4v) is 3.18. The fraction of sp³-hybridized carbons (Fsp3) is 0.765. The van der Waals surface area contributed by atoms with Gasteiger partial charge >= 0.3 is 6.09 Å². The Bertz CT molecular complexity index is 512. The summed E-state index contributed by atoms with van der Waals surface area (Å²) >= 11 is 0. The molecule has 0 unspecified atom stereocenters. The number of hydrogen-bond donors (Lipinski definition) is 0. The number of amides is 1. The van der Waals surface area contributed by atoms with E-state index in [-0.39, 0.29) is 6.09 Å². The molecule has 6 heteroatoms. The Balaban J connectivity index is 1.53. The topological polar surface area (TPSA) is 58.8 Å². The largest absolute Gasteiger partial charge is 0.444 e. The first-order chi connectivity index (χ1) is 10.9. The number of ether oxygens (including phenoxy) is 1. The minimum Gasteiger partial charge on any atom is -0.444 e. The molecule has 23 heavy (non-hydrogen) atoms. The Morgan fingerprint density at radius 3 is 2.48 bits per heavy atom. The molecule has 0 atom stereocenters. The summed E-state index contributed by atoms with van der Waals surface area (Å²) in [4.78, 5) is 16.5. The van der Waals surface area contributed by atoms with E-state index in [0.717, 1.165) is 38.2 Å². The Kier molecular flexibility index (Phi) is 4.62. The number of aromatic nitrogens is 1. The Morgan fingerprint density at radius 2 is 1.96 bits per heavy atom. The van der Waals surface area contributed by atoms with E-state index in [4.69, 9.17) is 9.26 Å². The predicted molar refractivity (Wildman–Crippen MR) is 85.9 cm³/mol. The monoisotopic (exact) mass is 321 g/mol. The van der Waals surface area contributed by atoms with Gasteiger partial charge in [-0.15, -0.1) is 0 Å². The van der Waals surface area contributed by atoms with Gasteiger partial charge in [-0.3, -0.25) is 4.90 Å². The highest BCUT2D eigenvalue weighted by Crippen LogP contribution is 2.33. The molecule has 1 saturated heterocycles. The van der Waals surface area contributed by atoms with Crippen LogP contribution in [0.4, 0.5) is 4.79 Å². The van der Waals surface area contributed by atoms with Gasteiger partial charge in [0, 0.05) is 37.8 Å². The van der Waals surface area contributed by atoms with Crippen LogP contribution in [0.25, 0.3) is 0 Å². The molecule has 0 radical (unpaired) electrons. The zero-order valence-electron chi connectivity index (χ0n) is 14.3. The Morgan fingerprint density at radius 1 is 1.30 bits per heavy atom. The SMILES string of the molecule is CC(C)(C)OC(=O)N1CCC(N(Cc2ccon2)C2CC2)CC1. The molecule has 0 spiro atoms.